The first-order chi connectivity index (χ1) is 8.81. The third-order valence-electron chi connectivity index (χ3n) is 2.58. The molecule has 2 aromatic carbocycles. The molecular formula is C15H10FNO. The van der Waals surface area contributed by atoms with Crippen LogP contribution in [0.2, 0.25) is 0 Å². The van der Waals surface area contributed by atoms with E-state index in [2.05, 4.69) is 4.98 Å². The molecule has 0 atom stereocenters. The fourth-order valence-corrected chi connectivity index (χ4v) is 1.74. The molecule has 0 N–H and O–H groups in total. The Labute approximate surface area is 103 Å². The molecule has 88 valence electrons. The van der Waals surface area contributed by atoms with Crippen LogP contribution in [0.1, 0.15) is 11.5 Å². The van der Waals surface area contributed by atoms with Gasteiger partial charge < -0.3 is 4.42 Å². The van der Waals surface area contributed by atoms with E-state index in [1.807, 2.05) is 30.3 Å². The lowest BCUT2D eigenvalue weighted by Crippen LogP contribution is -1.75. The lowest BCUT2D eigenvalue weighted by atomic mass is 10.2. The normalized spacial score (nSPS) is 11.4. The maximum atomic E-state index is 13.0. The monoisotopic (exact) mass is 239 g/mol. The molecule has 0 amide bonds. The second-order valence-electron chi connectivity index (χ2n) is 3.91. The van der Waals surface area contributed by atoms with Crippen molar-refractivity contribution in [2.24, 2.45) is 0 Å². The Morgan fingerprint density at radius 2 is 1.89 bits per heavy atom. The van der Waals surface area contributed by atoms with E-state index in [4.69, 9.17) is 4.42 Å². The number of benzene rings is 2. The Balaban J connectivity index is 1.92. The number of halogens is 1. The summed E-state index contributed by atoms with van der Waals surface area (Å²) < 4.78 is 18.5. The maximum Gasteiger partial charge on any atom is 0.220 e. The number of oxazole rings is 1. The van der Waals surface area contributed by atoms with E-state index in [9.17, 15) is 4.39 Å². The molecule has 3 aromatic rings. The van der Waals surface area contributed by atoms with E-state index in [0.29, 0.717) is 5.89 Å². The zero-order valence-electron chi connectivity index (χ0n) is 9.51. The molecule has 0 radical (unpaired) electrons. The fourth-order valence-electron chi connectivity index (χ4n) is 1.74. The van der Waals surface area contributed by atoms with Gasteiger partial charge in [-0.05, 0) is 35.9 Å². The molecule has 0 bridgehead atoms. The minimum Gasteiger partial charge on any atom is -0.437 e. The predicted molar refractivity (Wildman–Crippen MR) is 69.3 cm³/mol. The van der Waals surface area contributed by atoms with Gasteiger partial charge in [0.25, 0.3) is 0 Å². The van der Waals surface area contributed by atoms with Crippen LogP contribution < -0.4 is 0 Å². The Hall–Kier alpha value is -2.42. The number of para-hydroxylation sites is 2. The fraction of sp³-hybridized carbons (Fsp3) is 0. The van der Waals surface area contributed by atoms with Crippen LogP contribution in [0.25, 0.3) is 23.3 Å². The van der Waals surface area contributed by atoms with Crippen LogP contribution in [-0.2, 0) is 0 Å². The minimum absolute atomic E-state index is 0.255. The van der Waals surface area contributed by atoms with Crippen molar-refractivity contribution >= 4 is 23.3 Å². The zero-order valence-corrected chi connectivity index (χ0v) is 9.51. The molecule has 2 nitrogen and oxygen atoms in total. The quantitative estimate of drug-likeness (QED) is 0.671. The third-order valence-corrected chi connectivity index (χ3v) is 2.58. The lowest BCUT2D eigenvalue weighted by Gasteiger charge is -1.91. The van der Waals surface area contributed by atoms with Gasteiger partial charge in [-0.25, -0.2) is 9.37 Å². The summed E-state index contributed by atoms with van der Waals surface area (Å²) in [7, 11) is 0. The average molecular weight is 239 g/mol. The number of aromatic nitrogens is 1. The van der Waals surface area contributed by atoms with Gasteiger partial charge in [0.15, 0.2) is 5.58 Å². The molecular weight excluding hydrogens is 229 g/mol. The highest BCUT2D eigenvalue weighted by Gasteiger charge is 2.00. The van der Waals surface area contributed by atoms with Gasteiger partial charge in [0.05, 0.1) is 0 Å². The van der Waals surface area contributed by atoms with Crippen molar-refractivity contribution in [3.8, 4) is 0 Å². The van der Waals surface area contributed by atoms with Crippen molar-refractivity contribution in [2.75, 3.05) is 0 Å². The molecule has 0 saturated heterocycles. The second-order valence-corrected chi connectivity index (χ2v) is 3.91. The van der Waals surface area contributed by atoms with Crippen molar-refractivity contribution in [3.05, 3.63) is 65.8 Å². The number of rotatable bonds is 2. The molecule has 0 saturated carbocycles. The molecule has 18 heavy (non-hydrogen) atoms. The van der Waals surface area contributed by atoms with Gasteiger partial charge in [-0.15, -0.1) is 0 Å². The number of hydrogen-bond donors (Lipinski definition) is 0. The third kappa shape index (κ3) is 2.15. The SMILES string of the molecule is Fc1cccc(/C=C/c2nc3ccccc3o2)c1. The summed E-state index contributed by atoms with van der Waals surface area (Å²) in [4.78, 5) is 4.30. The summed E-state index contributed by atoms with van der Waals surface area (Å²) in [5.41, 5.74) is 2.34. The molecule has 1 aromatic heterocycles. The molecule has 3 heteroatoms. The Morgan fingerprint density at radius 1 is 1.00 bits per heavy atom. The van der Waals surface area contributed by atoms with Crippen LogP contribution in [-0.4, -0.2) is 4.98 Å². The Bertz CT molecular complexity index is 682. The van der Waals surface area contributed by atoms with E-state index >= 15 is 0 Å². The summed E-state index contributed by atoms with van der Waals surface area (Å²) in [6, 6.07) is 13.9. The maximum absolute atomic E-state index is 13.0. The molecule has 3 rings (SSSR count). The van der Waals surface area contributed by atoms with E-state index < -0.39 is 0 Å². The van der Waals surface area contributed by atoms with Crippen molar-refractivity contribution in [1.82, 2.24) is 4.98 Å². The van der Waals surface area contributed by atoms with Crippen molar-refractivity contribution in [2.45, 2.75) is 0 Å². The number of fused-ring (bicyclic) bond motifs is 1. The second kappa shape index (κ2) is 4.45. The zero-order chi connectivity index (χ0) is 12.4. The minimum atomic E-state index is -0.255. The van der Waals surface area contributed by atoms with Gasteiger partial charge in [0.2, 0.25) is 5.89 Å². The molecule has 0 aliphatic carbocycles. The van der Waals surface area contributed by atoms with Crippen LogP contribution in [0.15, 0.2) is 52.9 Å². The molecule has 0 fully saturated rings. The van der Waals surface area contributed by atoms with Gasteiger partial charge in [-0.3, -0.25) is 0 Å². The van der Waals surface area contributed by atoms with Gasteiger partial charge >= 0.3 is 0 Å². The van der Waals surface area contributed by atoms with Crippen molar-refractivity contribution in [3.63, 3.8) is 0 Å². The summed E-state index contributed by atoms with van der Waals surface area (Å²) in [5.74, 6) is 0.259. The highest BCUT2D eigenvalue weighted by molar-refractivity contribution is 5.75. The van der Waals surface area contributed by atoms with Crippen molar-refractivity contribution < 1.29 is 8.81 Å². The van der Waals surface area contributed by atoms with E-state index in [-0.39, 0.29) is 5.82 Å². The van der Waals surface area contributed by atoms with Crippen LogP contribution in [0.3, 0.4) is 0 Å². The van der Waals surface area contributed by atoms with Crippen LogP contribution in [0.5, 0.6) is 0 Å². The standard InChI is InChI=1S/C15H10FNO/c16-12-5-3-4-11(10-12)8-9-15-17-13-6-1-2-7-14(13)18-15/h1-10H/b9-8+. The van der Waals surface area contributed by atoms with Gasteiger partial charge in [-0.2, -0.15) is 0 Å². The van der Waals surface area contributed by atoms with Gasteiger partial charge in [0, 0.05) is 6.08 Å². The highest BCUT2D eigenvalue weighted by atomic mass is 19.1. The van der Waals surface area contributed by atoms with E-state index in [1.54, 1.807) is 18.2 Å². The Morgan fingerprint density at radius 3 is 2.72 bits per heavy atom. The molecule has 1 heterocycles. The molecule has 0 aliphatic rings. The molecule has 0 unspecified atom stereocenters. The van der Waals surface area contributed by atoms with Gasteiger partial charge in [0.1, 0.15) is 11.3 Å². The van der Waals surface area contributed by atoms with Crippen LogP contribution in [0, 0.1) is 5.82 Å². The molecule has 0 spiro atoms. The first-order valence-corrected chi connectivity index (χ1v) is 5.60. The van der Waals surface area contributed by atoms with Gasteiger partial charge in [-0.1, -0.05) is 24.3 Å². The average Bonchev–Trinajstić information content (AvgIpc) is 2.79. The first-order valence-electron chi connectivity index (χ1n) is 5.60. The number of hydrogen-bond acceptors (Lipinski definition) is 2. The van der Waals surface area contributed by atoms with Crippen molar-refractivity contribution in [1.29, 1.82) is 0 Å². The summed E-state index contributed by atoms with van der Waals surface area (Å²) in [6.45, 7) is 0. The summed E-state index contributed by atoms with van der Waals surface area (Å²) >= 11 is 0. The predicted octanol–water partition coefficient (Wildman–Crippen LogP) is 4.14. The highest BCUT2D eigenvalue weighted by Crippen LogP contribution is 2.16. The summed E-state index contributed by atoms with van der Waals surface area (Å²) in [5, 5.41) is 0. The number of nitrogens with zero attached hydrogens (tertiary/aromatic N) is 1. The van der Waals surface area contributed by atoms with E-state index in [0.717, 1.165) is 16.7 Å². The lowest BCUT2D eigenvalue weighted by molar-refractivity contribution is 0.589. The van der Waals surface area contributed by atoms with Crippen LogP contribution in [0.4, 0.5) is 4.39 Å². The Kier molecular flexibility index (Phi) is 2.65. The van der Waals surface area contributed by atoms with E-state index in [1.165, 1.54) is 12.1 Å². The first kappa shape index (κ1) is 10.7. The summed E-state index contributed by atoms with van der Waals surface area (Å²) in [6.07, 6.45) is 3.50. The smallest absolute Gasteiger partial charge is 0.220 e. The molecule has 0 aliphatic heterocycles. The van der Waals surface area contributed by atoms with Crippen LogP contribution >= 0.6 is 0 Å². The largest absolute Gasteiger partial charge is 0.437 e. The topological polar surface area (TPSA) is 26.0 Å².